The van der Waals surface area contributed by atoms with E-state index in [0.29, 0.717) is 0 Å². The third-order valence-electron chi connectivity index (χ3n) is 2.59. The molecule has 0 saturated heterocycles. The van der Waals surface area contributed by atoms with Crippen molar-refractivity contribution in [2.24, 2.45) is 0 Å². The maximum Gasteiger partial charge on any atom is 0.126 e. The van der Waals surface area contributed by atoms with Gasteiger partial charge < -0.3 is 10.4 Å². The number of hydrogen-bond acceptors (Lipinski definition) is 3. The van der Waals surface area contributed by atoms with Crippen LogP contribution in [0.25, 0.3) is 0 Å². The molecule has 3 nitrogen and oxygen atoms in total. The van der Waals surface area contributed by atoms with Crippen LogP contribution < -0.4 is 5.32 Å². The molecule has 0 radical (unpaired) electrons. The molecule has 0 amide bonds. The fourth-order valence-corrected chi connectivity index (χ4v) is 1.44. The highest BCUT2D eigenvalue weighted by atomic mass is 16.3. The van der Waals surface area contributed by atoms with Crippen LogP contribution >= 0.6 is 0 Å². The van der Waals surface area contributed by atoms with Gasteiger partial charge in [-0.15, -0.1) is 0 Å². The number of aliphatic hydroxyl groups is 1. The van der Waals surface area contributed by atoms with Crippen LogP contribution in [0.2, 0.25) is 0 Å². The Morgan fingerprint density at radius 3 is 2.50 bits per heavy atom. The lowest BCUT2D eigenvalue weighted by Crippen LogP contribution is -2.18. The van der Waals surface area contributed by atoms with E-state index in [2.05, 4.69) is 37.1 Å². The first kappa shape index (κ1) is 13.0. The summed E-state index contributed by atoms with van der Waals surface area (Å²) >= 11 is 0. The highest BCUT2D eigenvalue weighted by Gasteiger charge is 2.13. The predicted octanol–water partition coefficient (Wildman–Crippen LogP) is 2.56. The van der Waals surface area contributed by atoms with Gasteiger partial charge in [0.25, 0.3) is 0 Å². The van der Waals surface area contributed by atoms with Gasteiger partial charge in [0.1, 0.15) is 5.82 Å². The van der Waals surface area contributed by atoms with Gasteiger partial charge in [-0.2, -0.15) is 0 Å². The Balaban J connectivity index is 2.65. The lowest BCUT2D eigenvalue weighted by Gasteiger charge is -2.19. The Bertz CT molecular complexity index is 314. The third-order valence-corrected chi connectivity index (χ3v) is 2.59. The number of nitrogens with zero attached hydrogens (tertiary/aromatic N) is 1. The van der Waals surface area contributed by atoms with Crippen molar-refractivity contribution in [1.82, 2.24) is 4.98 Å². The van der Waals surface area contributed by atoms with E-state index < -0.39 is 0 Å². The van der Waals surface area contributed by atoms with Gasteiger partial charge in [0.2, 0.25) is 0 Å². The van der Waals surface area contributed by atoms with Gasteiger partial charge in [-0.3, -0.25) is 0 Å². The average Bonchev–Trinajstić information content (AvgIpc) is 2.17. The summed E-state index contributed by atoms with van der Waals surface area (Å²) in [5, 5.41) is 12.1. The summed E-state index contributed by atoms with van der Waals surface area (Å²) in [4.78, 5) is 4.37. The molecule has 0 bridgehead atoms. The highest BCUT2D eigenvalue weighted by molar-refractivity contribution is 5.37. The van der Waals surface area contributed by atoms with E-state index in [-0.39, 0.29) is 18.1 Å². The van der Waals surface area contributed by atoms with E-state index in [1.54, 1.807) is 0 Å². The first-order valence-corrected chi connectivity index (χ1v) is 5.77. The van der Waals surface area contributed by atoms with Gasteiger partial charge in [-0.25, -0.2) is 4.98 Å². The Kier molecular flexibility index (Phi) is 4.30. The molecule has 0 aliphatic heterocycles. The summed E-state index contributed by atoms with van der Waals surface area (Å²) in [6, 6.07) is 4.34. The molecule has 1 rings (SSSR count). The zero-order valence-corrected chi connectivity index (χ0v) is 10.6. The second-order valence-corrected chi connectivity index (χ2v) is 5.24. The molecular formula is C13H22N2O. The Morgan fingerprint density at radius 1 is 1.38 bits per heavy atom. The average molecular weight is 222 g/mol. The molecule has 0 aliphatic carbocycles. The van der Waals surface area contributed by atoms with Crippen LogP contribution in [0.5, 0.6) is 0 Å². The fraction of sp³-hybridized carbons (Fsp3) is 0.615. The van der Waals surface area contributed by atoms with Crippen LogP contribution in [0.15, 0.2) is 18.3 Å². The number of anilines is 1. The van der Waals surface area contributed by atoms with E-state index in [0.717, 1.165) is 12.2 Å². The Labute approximate surface area is 97.9 Å². The molecule has 1 aromatic heterocycles. The van der Waals surface area contributed by atoms with Gasteiger partial charge in [0.15, 0.2) is 0 Å². The third kappa shape index (κ3) is 3.81. The minimum Gasteiger partial charge on any atom is -0.396 e. The summed E-state index contributed by atoms with van der Waals surface area (Å²) in [6.45, 7) is 8.76. The molecule has 90 valence electrons. The minimum atomic E-state index is 0.141. The highest BCUT2D eigenvalue weighted by Crippen LogP contribution is 2.22. The molecule has 0 aliphatic rings. The topological polar surface area (TPSA) is 45.1 Å². The number of aliphatic hydroxyl groups excluding tert-OH is 1. The van der Waals surface area contributed by atoms with Crippen LogP contribution in [0.4, 0.5) is 5.82 Å². The van der Waals surface area contributed by atoms with Crippen molar-refractivity contribution < 1.29 is 5.11 Å². The molecule has 3 heteroatoms. The number of nitrogens with one attached hydrogen (secondary N) is 1. The number of rotatable bonds is 4. The van der Waals surface area contributed by atoms with E-state index >= 15 is 0 Å². The van der Waals surface area contributed by atoms with Crippen molar-refractivity contribution >= 4 is 5.82 Å². The van der Waals surface area contributed by atoms with Crippen molar-refractivity contribution in [3.05, 3.63) is 23.9 Å². The quantitative estimate of drug-likeness (QED) is 0.823. The molecule has 1 unspecified atom stereocenters. The molecule has 1 atom stereocenters. The molecule has 1 aromatic rings. The van der Waals surface area contributed by atoms with E-state index in [1.807, 2.05) is 19.2 Å². The van der Waals surface area contributed by atoms with Crippen molar-refractivity contribution in [3.8, 4) is 0 Å². The summed E-state index contributed by atoms with van der Waals surface area (Å²) < 4.78 is 0. The lowest BCUT2D eigenvalue weighted by atomic mass is 9.88. The fourth-order valence-electron chi connectivity index (χ4n) is 1.44. The van der Waals surface area contributed by atoms with E-state index in [4.69, 9.17) is 5.11 Å². The first-order chi connectivity index (χ1) is 7.43. The molecule has 2 N–H and O–H groups in total. The summed E-state index contributed by atoms with van der Waals surface area (Å²) in [7, 11) is 0. The van der Waals surface area contributed by atoms with Crippen LogP contribution in [0.3, 0.4) is 0 Å². The SMILES string of the molecule is CC(CCO)Nc1ccc(C(C)(C)C)cn1. The summed E-state index contributed by atoms with van der Waals surface area (Å²) in [5.74, 6) is 0.869. The Morgan fingerprint density at radius 2 is 2.06 bits per heavy atom. The first-order valence-electron chi connectivity index (χ1n) is 5.77. The van der Waals surface area contributed by atoms with Gasteiger partial charge in [0, 0.05) is 18.8 Å². The standard InChI is InChI=1S/C13H22N2O/c1-10(7-8-16)15-12-6-5-11(9-14-12)13(2,3)4/h5-6,9-10,16H,7-8H2,1-4H3,(H,14,15). The maximum absolute atomic E-state index is 8.81. The summed E-state index contributed by atoms with van der Waals surface area (Å²) in [6.07, 6.45) is 2.65. The van der Waals surface area contributed by atoms with E-state index in [1.165, 1.54) is 5.56 Å². The molecule has 0 aromatic carbocycles. The number of pyridine rings is 1. The normalized spacial score (nSPS) is 13.6. The molecule has 1 heterocycles. The van der Waals surface area contributed by atoms with Crippen LogP contribution in [0.1, 0.15) is 39.7 Å². The van der Waals surface area contributed by atoms with Gasteiger partial charge >= 0.3 is 0 Å². The monoisotopic (exact) mass is 222 g/mol. The van der Waals surface area contributed by atoms with Gasteiger partial charge in [0.05, 0.1) is 0 Å². The lowest BCUT2D eigenvalue weighted by molar-refractivity contribution is 0.282. The molecule has 0 spiro atoms. The zero-order valence-electron chi connectivity index (χ0n) is 10.6. The smallest absolute Gasteiger partial charge is 0.126 e. The van der Waals surface area contributed by atoms with Crippen LogP contribution in [-0.4, -0.2) is 22.7 Å². The molecule has 0 fully saturated rings. The van der Waals surface area contributed by atoms with Crippen molar-refractivity contribution in [2.45, 2.75) is 45.6 Å². The number of hydrogen-bond donors (Lipinski definition) is 2. The second-order valence-electron chi connectivity index (χ2n) is 5.24. The molecule has 0 saturated carbocycles. The van der Waals surface area contributed by atoms with Gasteiger partial charge in [-0.05, 0) is 30.4 Å². The predicted molar refractivity (Wildman–Crippen MR) is 67.7 cm³/mol. The second kappa shape index (κ2) is 5.30. The van der Waals surface area contributed by atoms with Crippen molar-refractivity contribution in [1.29, 1.82) is 0 Å². The van der Waals surface area contributed by atoms with Crippen molar-refractivity contribution in [2.75, 3.05) is 11.9 Å². The molecular weight excluding hydrogens is 200 g/mol. The maximum atomic E-state index is 8.81. The Hall–Kier alpha value is -1.09. The largest absolute Gasteiger partial charge is 0.396 e. The van der Waals surface area contributed by atoms with Gasteiger partial charge in [-0.1, -0.05) is 26.8 Å². The van der Waals surface area contributed by atoms with Crippen LogP contribution in [-0.2, 0) is 5.41 Å². The van der Waals surface area contributed by atoms with E-state index in [9.17, 15) is 0 Å². The molecule has 16 heavy (non-hydrogen) atoms. The number of aromatic nitrogens is 1. The van der Waals surface area contributed by atoms with Crippen LogP contribution in [0, 0.1) is 0 Å². The zero-order chi connectivity index (χ0) is 12.2. The van der Waals surface area contributed by atoms with Crippen molar-refractivity contribution in [3.63, 3.8) is 0 Å². The summed E-state index contributed by atoms with van der Waals surface area (Å²) in [5.41, 5.74) is 1.37. The minimum absolute atomic E-state index is 0.141.